The van der Waals surface area contributed by atoms with E-state index < -0.39 is 0 Å². The maximum Gasteiger partial charge on any atom is 0.283 e. The Kier molecular flexibility index (Phi) is 8.21. The molecule has 0 aliphatic carbocycles. The van der Waals surface area contributed by atoms with E-state index in [0.29, 0.717) is 16.5 Å². The van der Waals surface area contributed by atoms with E-state index in [1.165, 1.54) is 22.9 Å². The van der Waals surface area contributed by atoms with Gasteiger partial charge < -0.3 is 0 Å². The Hall–Kier alpha value is -3.16. The Balaban J connectivity index is 1.27. The molecule has 1 aliphatic heterocycles. The van der Waals surface area contributed by atoms with Gasteiger partial charge in [-0.1, -0.05) is 90.1 Å². The lowest BCUT2D eigenvalue weighted by Crippen LogP contribution is -2.47. The molecule has 1 aliphatic rings. The number of hydrogen-bond donors (Lipinski definition) is 0. The van der Waals surface area contributed by atoms with Crippen LogP contribution >= 0.6 is 23.4 Å². The molecule has 0 N–H and O–H groups in total. The highest BCUT2D eigenvalue weighted by Gasteiger charge is 2.26. The Morgan fingerprint density at radius 1 is 0.811 bits per heavy atom. The standard InChI is InChI=1S/C30H28ClN3O2S/c31-26-12-14-27(15-13-26)37-29-16-11-23(21-28(29)34(35)36)22-32-17-19-33(20-18-32)30(24-7-3-1-4-8-24)25-9-5-2-6-10-25/h1-16,21,30H,17-20,22H2. The number of nitro groups is 1. The van der Waals surface area contributed by atoms with Gasteiger partial charge in [0.1, 0.15) is 0 Å². The lowest BCUT2D eigenvalue weighted by molar-refractivity contribution is -0.387. The van der Waals surface area contributed by atoms with Crippen molar-refractivity contribution in [1.29, 1.82) is 0 Å². The fourth-order valence-electron chi connectivity index (χ4n) is 4.84. The molecule has 1 fully saturated rings. The predicted octanol–water partition coefficient (Wildman–Crippen LogP) is 7.31. The van der Waals surface area contributed by atoms with E-state index in [4.69, 9.17) is 11.6 Å². The summed E-state index contributed by atoms with van der Waals surface area (Å²) in [7, 11) is 0. The molecular weight excluding hydrogens is 502 g/mol. The normalized spacial score (nSPS) is 14.6. The highest BCUT2D eigenvalue weighted by molar-refractivity contribution is 7.99. The molecule has 0 amide bonds. The van der Waals surface area contributed by atoms with Crippen LogP contribution in [-0.2, 0) is 6.54 Å². The number of nitro benzene ring substituents is 1. The number of rotatable bonds is 8. The van der Waals surface area contributed by atoms with E-state index in [0.717, 1.165) is 36.6 Å². The summed E-state index contributed by atoms with van der Waals surface area (Å²) in [5.74, 6) is 0. The van der Waals surface area contributed by atoms with Crippen molar-refractivity contribution in [3.8, 4) is 0 Å². The summed E-state index contributed by atoms with van der Waals surface area (Å²) < 4.78 is 0. The number of benzene rings is 4. The zero-order chi connectivity index (χ0) is 25.6. The maximum absolute atomic E-state index is 11.8. The van der Waals surface area contributed by atoms with E-state index in [2.05, 4.69) is 70.5 Å². The fraction of sp³-hybridized carbons (Fsp3) is 0.200. The molecule has 188 valence electrons. The molecule has 7 heteroatoms. The van der Waals surface area contributed by atoms with Crippen molar-refractivity contribution in [1.82, 2.24) is 9.80 Å². The van der Waals surface area contributed by atoms with Crippen LogP contribution in [0.15, 0.2) is 113 Å². The molecule has 0 saturated carbocycles. The lowest BCUT2D eigenvalue weighted by atomic mass is 9.96. The van der Waals surface area contributed by atoms with Crippen LogP contribution in [0.3, 0.4) is 0 Å². The van der Waals surface area contributed by atoms with Gasteiger partial charge in [0, 0.05) is 48.7 Å². The molecule has 4 aromatic rings. The summed E-state index contributed by atoms with van der Waals surface area (Å²) in [6, 6.07) is 34.5. The zero-order valence-electron chi connectivity index (χ0n) is 20.4. The number of piperazine rings is 1. The van der Waals surface area contributed by atoms with Gasteiger partial charge in [-0.25, -0.2) is 0 Å². The minimum atomic E-state index is -0.288. The van der Waals surface area contributed by atoms with Gasteiger partial charge in [-0.15, -0.1) is 0 Å². The van der Waals surface area contributed by atoms with Crippen molar-refractivity contribution >= 4 is 29.1 Å². The molecule has 4 aromatic carbocycles. The van der Waals surface area contributed by atoms with E-state index in [9.17, 15) is 10.1 Å². The first-order valence-electron chi connectivity index (χ1n) is 12.3. The molecule has 0 spiro atoms. The second-order valence-electron chi connectivity index (χ2n) is 9.15. The van der Waals surface area contributed by atoms with Gasteiger partial charge in [-0.3, -0.25) is 19.9 Å². The SMILES string of the molecule is O=[N+]([O-])c1cc(CN2CCN(C(c3ccccc3)c3ccccc3)CC2)ccc1Sc1ccc(Cl)cc1. The smallest absolute Gasteiger partial charge is 0.283 e. The minimum Gasteiger partial charge on any atom is -0.297 e. The van der Waals surface area contributed by atoms with Gasteiger partial charge in [0.15, 0.2) is 0 Å². The van der Waals surface area contributed by atoms with Gasteiger partial charge in [-0.2, -0.15) is 0 Å². The van der Waals surface area contributed by atoms with Gasteiger partial charge in [0.25, 0.3) is 5.69 Å². The third-order valence-corrected chi connectivity index (χ3v) is 8.00. The molecule has 0 atom stereocenters. The summed E-state index contributed by atoms with van der Waals surface area (Å²) in [5.41, 5.74) is 3.70. The molecule has 0 aromatic heterocycles. The first-order chi connectivity index (χ1) is 18.1. The lowest BCUT2D eigenvalue weighted by Gasteiger charge is -2.39. The van der Waals surface area contributed by atoms with Crippen LogP contribution in [0.1, 0.15) is 22.7 Å². The van der Waals surface area contributed by atoms with Crippen LogP contribution in [-0.4, -0.2) is 40.9 Å². The highest BCUT2D eigenvalue weighted by atomic mass is 35.5. The Morgan fingerprint density at radius 2 is 1.41 bits per heavy atom. The molecule has 0 bridgehead atoms. The Bertz CT molecular complexity index is 1290. The maximum atomic E-state index is 11.8. The van der Waals surface area contributed by atoms with E-state index >= 15 is 0 Å². The van der Waals surface area contributed by atoms with Crippen molar-refractivity contribution in [2.75, 3.05) is 26.2 Å². The number of halogens is 1. The summed E-state index contributed by atoms with van der Waals surface area (Å²) in [4.78, 5) is 18.0. The van der Waals surface area contributed by atoms with Crippen LogP contribution in [0.5, 0.6) is 0 Å². The number of nitrogens with zero attached hydrogens (tertiary/aromatic N) is 3. The van der Waals surface area contributed by atoms with Crippen molar-refractivity contribution in [2.24, 2.45) is 0 Å². The zero-order valence-corrected chi connectivity index (χ0v) is 21.9. The Morgan fingerprint density at radius 3 is 1.97 bits per heavy atom. The van der Waals surface area contributed by atoms with Gasteiger partial charge in [0.2, 0.25) is 0 Å². The van der Waals surface area contributed by atoms with E-state index in [-0.39, 0.29) is 16.7 Å². The number of hydrogen-bond acceptors (Lipinski definition) is 5. The monoisotopic (exact) mass is 529 g/mol. The first kappa shape index (κ1) is 25.5. The van der Waals surface area contributed by atoms with E-state index in [1.807, 2.05) is 24.3 Å². The van der Waals surface area contributed by atoms with Crippen molar-refractivity contribution in [3.05, 3.63) is 135 Å². The fourth-order valence-corrected chi connectivity index (χ4v) is 5.87. The second kappa shape index (κ2) is 11.9. The van der Waals surface area contributed by atoms with Crippen LogP contribution in [0.25, 0.3) is 0 Å². The summed E-state index contributed by atoms with van der Waals surface area (Å²) in [6.45, 7) is 4.38. The quantitative estimate of drug-likeness (QED) is 0.177. The van der Waals surface area contributed by atoms with Crippen molar-refractivity contribution < 1.29 is 4.92 Å². The van der Waals surface area contributed by atoms with E-state index in [1.54, 1.807) is 18.2 Å². The molecule has 0 radical (unpaired) electrons. The van der Waals surface area contributed by atoms with Crippen molar-refractivity contribution in [3.63, 3.8) is 0 Å². The van der Waals surface area contributed by atoms with Crippen LogP contribution in [0, 0.1) is 10.1 Å². The highest BCUT2D eigenvalue weighted by Crippen LogP contribution is 2.36. The molecule has 0 unspecified atom stereocenters. The average molecular weight is 530 g/mol. The molecule has 5 rings (SSSR count). The molecule has 1 saturated heterocycles. The topological polar surface area (TPSA) is 49.6 Å². The molecule has 37 heavy (non-hydrogen) atoms. The predicted molar refractivity (Wildman–Crippen MR) is 150 cm³/mol. The second-order valence-corrected chi connectivity index (χ2v) is 10.7. The van der Waals surface area contributed by atoms with Crippen molar-refractivity contribution in [2.45, 2.75) is 22.4 Å². The van der Waals surface area contributed by atoms with Crippen LogP contribution < -0.4 is 0 Å². The summed E-state index contributed by atoms with van der Waals surface area (Å²) in [5, 5.41) is 12.5. The minimum absolute atomic E-state index is 0.143. The molecular formula is C30H28ClN3O2S. The van der Waals surface area contributed by atoms with Gasteiger partial charge in [-0.05, 0) is 47.0 Å². The summed E-state index contributed by atoms with van der Waals surface area (Å²) >= 11 is 7.36. The third kappa shape index (κ3) is 6.40. The largest absolute Gasteiger partial charge is 0.297 e. The summed E-state index contributed by atoms with van der Waals surface area (Å²) in [6.07, 6.45) is 0. The molecule has 1 heterocycles. The van der Waals surface area contributed by atoms with Crippen LogP contribution in [0.2, 0.25) is 5.02 Å². The van der Waals surface area contributed by atoms with Gasteiger partial charge in [0.05, 0.1) is 15.9 Å². The molecule has 5 nitrogen and oxygen atoms in total. The third-order valence-electron chi connectivity index (χ3n) is 6.67. The average Bonchev–Trinajstić information content (AvgIpc) is 2.93. The van der Waals surface area contributed by atoms with Gasteiger partial charge >= 0.3 is 0 Å². The Labute approximate surface area is 226 Å². The first-order valence-corrected chi connectivity index (χ1v) is 13.5. The van der Waals surface area contributed by atoms with Crippen LogP contribution in [0.4, 0.5) is 5.69 Å².